The molecule has 13 heavy (non-hydrogen) atoms. The minimum absolute atomic E-state index is 0.390. The highest BCUT2D eigenvalue weighted by Crippen LogP contribution is 2.07. The van der Waals surface area contributed by atoms with E-state index in [-0.39, 0.29) is 0 Å². The normalized spacial score (nSPS) is 10.8. The lowest BCUT2D eigenvalue weighted by molar-refractivity contribution is 0.161. The van der Waals surface area contributed by atoms with Crippen LogP contribution in [0.25, 0.3) is 0 Å². The zero-order valence-electron chi connectivity index (χ0n) is 8.11. The van der Waals surface area contributed by atoms with E-state index >= 15 is 0 Å². The molecule has 0 saturated carbocycles. The van der Waals surface area contributed by atoms with Gasteiger partial charge in [-0.2, -0.15) is 0 Å². The van der Waals surface area contributed by atoms with E-state index in [0.29, 0.717) is 28.5 Å². The van der Waals surface area contributed by atoms with Gasteiger partial charge in [-0.1, -0.05) is 13.8 Å². The van der Waals surface area contributed by atoms with Crippen LogP contribution in [0.3, 0.4) is 0 Å². The first-order chi connectivity index (χ1) is 6.02. The molecule has 1 aromatic rings. The van der Waals surface area contributed by atoms with Gasteiger partial charge in [0.2, 0.25) is 0 Å². The zero-order valence-corrected chi connectivity index (χ0v) is 8.11. The van der Waals surface area contributed by atoms with Crippen molar-refractivity contribution in [2.45, 2.75) is 27.2 Å². The van der Waals surface area contributed by atoms with Crippen LogP contribution in [0.4, 0.5) is 0 Å². The van der Waals surface area contributed by atoms with Gasteiger partial charge in [0.05, 0.1) is 17.6 Å². The summed E-state index contributed by atoms with van der Waals surface area (Å²) >= 11 is 0. The maximum Gasteiger partial charge on any atom is 0.301 e. The number of hydrogen-bond acceptors (Lipinski definition) is 3. The van der Waals surface area contributed by atoms with Crippen LogP contribution < -0.4 is 5.56 Å². The van der Waals surface area contributed by atoms with Gasteiger partial charge >= 0.3 is 5.56 Å². The Kier molecular flexibility index (Phi) is 2.70. The maximum atomic E-state index is 11.0. The number of aromatic nitrogens is 2. The van der Waals surface area contributed by atoms with Crippen molar-refractivity contribution in [1.82, 2.24) is 9.71 Å². The molecule has 0 aliphatic carbocycles. The Hall–Kier alpha value is -1.32. The monoisotopic (exact) mass is 182 g/mol. The van der Waals surface area contributed by atoms with E-state index in [1.807, 2.05) is 13.8 Å². The molecule has 0 radical (unpaired) electrons. The topological polar surface area (TPSA) is 55.1 Å². The van der Waals surface area contributed by atoms with E-state index in [1.165, 1.54) is 0 Å². The molecule has 0 aliphatic rings. The van der Waals surface area contributed by atoms with Crippen molar-refractivity contribution < 1.29 is 5.21 Å². The Morgan fingerprint density at radius 2 is 2.23 bits per heavy atom. The van der Waals surface area contributed by atoms with Crippen LogP contribution in [0.2, 0.25) is 0 Å². The van der Waals surface area contributed by atoms with Crippen molar-refractivity contribution in [2.75, 3.05) is 0 Å². The average Bonchev–Trinajstić information content (AvgIpc) is 2.05. The molecule has 1 N–H and O–H groups in total. The summed E-state index contributed by atoms with van der Waals surface area (Å²) in [5, 5.41) is 9.39. The Balaban J connectivity index is 3.18. The predicted molar refractivity (Wildman–Crippen MR) is 49.0 cm³/mol. The Bertz CT molecular complexity index is 355. The lowest BCUT2D eigenvalue weighted by atomic mass is 10.1. The van der Waals surface area contributed by atoms with Gasteiger partial charge in [0.25, 0.3) is 0 Å². The number of hydrogen-bond donors (Lipinski definition) is 1. The fourth-order valence-electron chi connectivity index (χ4n) is 1.19. The lowest BCUT2D eigenvalue weighted by Gasteiger charge is -2.10. The van der Waals surface area contributed by atoms with Crippen LogP contribution in [0, 0.1) is 12.8 Å². The van der Waals surface area contributed by atoms with Gasteiger partial charge in [-0.05, 0) is 19.3 Å². The minimum atomic E-state index is -0.471. The number of nitrogens with zero attached hydrogens (tertiary/aromatic N) is 2. The zero-order chi connectivity index (χ0) is 10.0. The Labute approximate surface area is 76.8 Å². The SMILES string of the molecule is Cc1ncc(=O)n(O)c1CC(C)C. The highest BCUT2D eigenvalue weighted by molar-refractivity contribution is 5.09. The van der Waals surface area contributed by atoms with Crippen LogP contribution in [-0.2, 0) is 6.42 Å². The van der Waals surface area contributed by atoms with Gasteiger partial charge < -0.3 is 5.21 Å². The summed E-state index contributed by atoms with van der Waals surface area (Å²) in [5.41, 5.74) is 0.833. The summed E-state index contributed by atoms with van der Waals surface area (Å²) < 4.78 is 0.683. The molecule has 0 saturated heterocycles. The van der Waals surface area contributed by atoms with E-state index < -0.39 is 5.56 Å². The lowest BCUT2D eigenvalue weighted by Crippen LogP contribution is -2.23. The average molecular weight is 182 g/mol. The third kappa shape index (κ3) is 2.08. The third-order valence-corrected chi connectivity index (χ3v) is 1.85. The first-order valence-electron chi connectivity index (χ1n) is 4.29. The molecule has 1 heterocycles. The van der Waals surface area contributed by atoms with Crippen LogP contribution >= 0.6 is 0 Å². The van der Waals surface area contributed by atoms with E-state index in [4.69, 9.17) is 0 Å². The molecule has 0 bridgehead atoms. The van der Waals surface area contributed by atoms with E-state index in [2.05, 4.69) is 4.98 Å². The summed E-state index contributed by atoms with van der Waals surface area (Å²) in [6, 6.07) is 0. The number of aryl methyl sites for hydroxylation is 1. The summed E-state index contributed by atoms with van der Waals surface area (Å²) in [7, 11) is 0. The summed E-state index contributed by atoms with van der Waals surface area (Å²) in [5.74, 6) is 0.390. The molecule has 0 atom stereocenters. The molecule has 1 rings (SSSR count). The molecule has 0 spiro atoms. The van der Waals surface area contributed by atoms with Crippen molar-refractivity contribution >= 4 is 0 Å². The van der Waals surface area contributed by atoms with E-state index in [0.717, 1.165) is 6.20 Å². The number of rotatable bonds is 2. The molecule has 0 unspecified atom stereocenters. The molecule has 0 aromatic carbocycles. The molecular formula is C9H14N2O2. The van der Waals surface area contributed by atoms with Gasteiger partial charge in [0, 0.05) is 0 Å². The molecule has 1 aromatic heterocycles. The third-order valence-electron chi connectivity index (χ3n) is 1.85. The molecule has 4 heteroatoms. The van der Waals surface area contributed by atoms with Crippen LogP contribution in [-0.4, -0.2) is 14.9 Å². The second kappa shape index (κ2) is 3.60. The first kappa shape index (κ1) is 9.77. The molecular weight excluding hydrogens is 168 g/mol. The smallest absolute Gasteiger partial charge is 0.301 e. The fourth-order valence-corrected chi connectivity index (χ4v) is 1.19. The fraction of sp³-hybridized carbons (Fsp3) is 0.556. The molecule has 4 nitrogen and oxygen atoms in total. The quantitative estimate of drug-likeness (QED) is 0.694. The predicted octanol–water partition coefficient (Wildman–Crippen LogP) is 0.988. The van der Waals surface area contributed by atoms with Crippen LogP contribution in [0.15, 0.2) is 11.0 Å². The largest absolute Gasteiger partial charge is 0.425 e. The van der Waals surface area contributed by atoms with Crippen LogP contribution in [0.5, 0.6) is 0 Å². The Morgan fingerprint density at radius 3 is 2.77 bits per heavy atom. The summed E-state index contributed by atoms with van der Waals surface area (Å²) in [6.45, 7) is 5.83. The maximum absolute atomic E-state index is 11.0. The van der Waals surface area contributed by atoms with Crippen molar-refractivity contribution in [3.05, 3.63) is 27.9 Å². The van der Waals surface area contributed by atoms with Crippen molar-refractivity contribution in [1.29, 1.82) is 0 Å². The molecule has 72 valence electrons. The van der Waals surface area contributed by atoms with Gasteiger partial charge in [0.1, 0.15) is 0 Å². The van der Waals surface area contributed by atoms with Crippen molar-refractivity contribution in [3.8, 4) is 0 Å². The molecule has 0 aliphatic heterocycles. The van der Waals surface area contributed by atoms with Gasteiger partial charge in [-0.3, -0.25) is 9.78 Å². The summed E-state index contributed by atoms with van der Waals surface area (Å²) in [6.07, 6.45) is 1.78. The van der Waals surface area contributed by atoms with Crippen LogP contribution in [0.1, 0.15) is 25.2 Å². The van der Waals surface area contributed by atoms with Crippen molar-refractivity contribution in [2.24, 2.45) is 5.92 Å². The first-order valence-corrected chi connectivity index (χ1v) is 4.29. The highest BCUT2D eigenvalue weighted by atomic mass is 16.5. The molecule has 0 fully saturated rings. The highest BCUT2D eigenvalue weighted by Gasteiger charge is 2.08. The second-order valence-electron chi connectivity index (χ2n) is 3.54. The van der Waals surface area contributed by atoms with E-state index in [9.17, 15) is 10.0 Å². The van der Waals surface area contributed by atoms with Gasteiger partial charge in [-0.15, -0.1) is 4.73 Å². The van der Waals surface area contributed by atoms with Gasteiger partial charge in [0.15, 0.2) is 0 Å². The van der Waals surface area contributed by atoms with E-state index in [1.54, 1.807) is 6.92 Å². The second-order valence-corrected chi connectivity index (χ2v) is 3.54. The minimum Gasteiger partial charge on any atom is -0.425 e. The van der Waals surface area contributed by atoms with Crippen molar-refractivity contribution in [3.63, 3.8) is 0 Å². The summed E-state index contributed by atoms with van der Waals surface area (Å²) in [4.78, 5) is 14.9. The standard InChI is InChI=1S/C9H14N2O2/c1-6(2)4-8-7(3)10-5-9(12)11(8)13/h5-6,13H,4H2,1-3H3. The van der Waals surface area contributed by atoms with Gasteiger partial charge in [-0.25, -0.2) is 0 Å². The Morgan fingerprint density at radius 1 is 1.62 bits per heavy atom. The molecule has 0 amide bonds.